The number of ether oxygens (including phenoxy) is 2. The molecule has 0 aliphatic heterocycles. The number of aryl methyl sites for hydroxylation is 1. The van der Waals surface area contributed by atoms with E-state index in [1.165, 1.54) is 7.11 Å². The number of carbonyl (C=O) groups excluding carboxylic acids is 1. The molecule has 2 aromatic heterocycles. The predicted molar refractivity (Wildman–Crippen MR) is 91.4 cm³/mol. The first-order valence-corrected chi connectivity index (χ1v) is 7.70. The summed E-state index contributed by atoms with van der Waals surface area (Å²) in [5.74, 6) is 0.323. The molecule has 7 heteroatoms. The molecule has 0 radical (unpaired) electrons. The Morgan fingerprint density at radius 1 is 1.16 bits per heavy atom. The molecular weight excluding hydrogens is 320 g/mol. The van der Waals surface area contributed by atoms with Gasteiger partial charge in [-0.2, -0.15) is 0 Å². The minimum Gasteiger partial charge on any atom is -0.497 e. The molecule has 0 atom stereocenters. The molecule has 25 heavy (non-hydrogen) atoms. The molecule has 0 spiro atoms. The summed E-state index contributed by atoms with van der Waals surface area (Å²) in [7, 11) is 2.97. The van der Waals surface area contributed by atoms with Gasteiger partial charge in [0.2, 0.25) is 0 Å². The molecule has 3 aromatic rings. The van der Waals surface area contributed by atoms with Gasteiger partial charge in [-0.3, -0.25) is 0 Å². The molecule has 1 aromatic carbocycles. The quantitative estimate of drug-likeness (QED) is 0.665. The van der Waals surface area contributed by atoms with Gasteiger partial charge in [-0.05, 0) is 36.8 Å². The third-order valence-electron chi connectivity index (χ3n) is 3.82. The van der Waals surface area contributed by atoms with Crippen LogP contribution in [-0.4, -0.2) is 40.2 Å². The Labute approximate surface area is 145 Å². The third kappa shape index (κ3) is 3.50. The molecule has 0 bridgehead atoms. The molecule has 0 saturated heterocycles. The summed E-state index contributed by atoms with van der Waals surface area (Å²) >= 11 is 0. The lowest BCUT2D eigenvalue weighted by Crippen LogP contribution is -2.07. The number of methoxy groups -OCH3 is 2. The summed E-state index contributed by atoms with van der Waals surface area (Å²) in [6, 6.07) is 11.3. The molecular formula is C18H18N4O3. The molecule has 0 saturated carbocycles. The van der Waals surface area contributed by atoms with Crippen molar-refractivity contribution >= 4 is 5.97 Å². The number of esters is 1. The van der Waals surface area contributed by atoms with E-state index in [1.807, 2.05) is 37.3 Å². The molecule has 0 aliphatic carbocycles. The lowest BCUT2D eigenvalue weighted by molar-refractivity contribution is 0.0594. The van der Waals surface area contributed by atoms with Crippen molar-refractivity contribution in [3.05, 3.63) is 59.5 Å². The fraction of sp³-hybridized carbons (Fsp3) is 0.222. The van der Waals surface area contributed by atoms with Crippen molar-refractivity contribution in [3.63, 3.8) is 0 Å². The number of carbonyl (C=O) groups is 1. The van der Waals surface area contributed by atoms with Gasteiger partial charge in [0.1, 0.15) is 11.4 Å². The van der Waals surface area contributed by atoms with Gasteiger partial charge in [-0.1, -0.05) is 17.3 Å². The summed E-state index contributed by atoms with van der Waals surface area (Å²) < 4.78 is 11.7. The summed E-state index contributed by atoms with van der Waals surface area (Å²) in [6.45, 7) is 2.43. The van der Waals surface area contributed by atoms with Crippen LogP contribution in [0.4, 0.5) is 0 Å². The Morgan fingerprint density at radius 2 is 1.92 bits per heavy atom. The van der Waals surface area contributed by atoms with Gasteiger partial charge in [0, 0.05) is 11.8 Å². The van der Waals surface area contributed by atoms with Crippen LogP contribution in [0, 0.1) is 6.92 Å². The van der Waals surface area contributed by atoms with E-state index in [0.717, 1.165) is 28.3 Å². The van der Waals surface area contributed by atoms with E-state index in [0.29, 0.717) is 6.54 Å². The Hall–Kier alpha value is -3.22. The van der Waals surface area contributed by atoms with Crippen LogP contribution < -0.4 is 4.74 Å². The van der Waals surface area contributed by atoms with Gasteiger partial charge in [0.05, 0.1) is 32.2 Å². The van der Waals surface area contributed by atoms with Gasteiger partial charge in [-0.25, -0.2) is 14.5 Å². The number of hydrogen-bond donors (Lipinski definition) is 0. The second kappa shape index (κ2) is 7.12. The molecule has 0 aliphatic rings. The van der Waals surface area contributed by atoms with Crippen LogP contribution >= 0.6 is 0 Å². The van der Waals surface area contributed by atoms with E-state index < -0.39 is 5.97 Å². The molecule has 3 rings (SSSR count). The zero-order valence-corrected chi connectivity index (χ0v) is 14.3. The number of rotatable bonds is 5. The number of aromatic nitrogens is 4. The molecule has 0 N–H and O–H groups in total. The standard InChI is InChI=1S/C18H18N4O3/c1-12-17(14-8-9-19-16(10-14)18(23)25-3)22(21-20-12)11-13-4-6-15(24-2)7-5-13/h4-10H,11H2,1-3H3. The van der Waals surface area contributed by atoms with Crippen LogP contribution in [-0.2, 0) is 11.3 Å². The van der Waals surface area contributed by atoms with Gasteiger partial charge in [-0.15, -0.1) is 5.10 Å². The number of hydrogen-bond acceptors (Lipinski definition) is 6. The van der Waals surface area contributed by atoms with Crippen LogP contribution in [0.3, 0.4) is 0 Å². The van der Waals surface area contributed by atoms with Crippen molar-refractivity contribution in [1.82, 2.24) is 20.0 Å². The Bertz CT molecular complexity index is 888. The van der Waals surface area contributed by atoms with Gasteiger partial charge in [0.25, 0.3) is 0 Å². The highest BCUT2D eigenvalue weighted by molar-refractivity contribution is 5.88. The maximum absolute atomic E-state index is 11.7. The molecule has 128 valence electrons. The smallest absolute Gasteiger partial charge is 0.356 e. The average Bonchev–Trinajstić information content (AvgIpc) is 3.02. The molecule has 0 fully saturated rings. The van der Waals surface area contributed by atoms with Crippen LogP contribution in [0.15, 0.2) is 42.6 Å². The summed E-state index contributed by atoms with van der Waals surface area (Å²) in [5.41, 5.74) is 3.73. The van der Waals surface area contributed by atoms with Crippen molar-refractivity contribution in [2.75, 3.05) is 14.2 Å². The van der Waals surface area contributed by atoms with Crippen LogP contribution in [0.1, 0.15) is 21.7 Å². The first-order valence-electron chi connectivity index (χ1n) is 7.70. The fourth-order valence-corrected chi connectivity index (χ4v) is 2.57. The van der Waals surface area contributed by atoms with Crippen LogP contribution in [0.2, 0.25) is 0 Å². The van der Waals surface area contributed by atoms with E-state index in [2.05, 4.69) is 15.3 Å². The minimum absolute atomic E-state index is 0.247. The summed E-state index contributed by atoms with van der Waals surface area (Å²) in [6.07, 6.45) is 1.58. The van der Waals surface area contributed by atoms with Gasteiger partial charge >= 0.3 is 5.97 Å². The predicted octanol–water partition coefficient (Wildman–Crippen LogP) is 2.49. The Morgan fingerprint density at radius 3 is 2.60 bits per heavy atom. The van der Waals surface area contributed by atoms with Crippen molar-refractivity contribution < 1.29 is 14.3 Å². The normalized spacial score (nSPS) is 10.5. The highest BCUT2D eigenvalue weighted by atomic mass is 16.5. The average molecular weight is 338 g/mol. The Kier molecular flexibility index (Phi) is 4.74. The van der Waals surface area contributed by atoms with Crippen molar-refractivity contribution in [2.45, 2.75) is 13.5 Å². The summed E-state index contributed by atoms with van der Waals surface area (Å²) in [5, 5.41) is 8.39. The van der Waals surface area contributed by atoms with Crippen LogP contribution in [0.25, 0.3) is 11.3 Å². The topological polar surface area (TPSA) is 79.1 Å². The zero-order chi connectivity index (χ0) is 17.8. The second-order valence-corrected chi connectivity index (χ2v) is 5.45. The molecule has 0 unspecified atom stereocenters. The lowest BCUT2D eigenvalue weighted by Gasteiger charge is -2.09. The third-order valence-corrected chi connectivity index (χ3v) is 3.82. The van der Waals surface area contributed by atoms with E-state index >= 15 is 0 Å². The minimum atomic E-state index is -0.478. The molecule has 2 heterocycles. The maximum atomic E-state index is 11.7. The van der Waals surface area contributed by atoms with E-state index in [1.54, 1.807) is 24.1 Å². The summed E-state index contributed by atoms with van der Waals surface area (Å²) in [4.78, 5) is 15.8. The number of nitrogens with zero attached hydrogens (tertiary/aromatic N) is 4. The monoisotopic (exact) mass is 338 g/mol. The largest absolute Gasteiger partial charge is 0.497 e. The van der Waals surface area contributed by atoms with Gasteiger partial charge < -0.3 is 9.47 Å². The SMILES string of the molecule is COC(=O)c1cc(-c2c(C)nnn2Cc2ccc(OC)cc2)ccn1. The number of benzene rings is 1. The number of pyridine rings is 1. The lowest BCUT2D eigenvalue weighted by atomic mass is 10.1. The van der Waals surface area contributed by atoms with E-state index in [9.17, 15) is 4.79 Å². The van der Waals surface area contributed by atoms with Gasteiger partial charge in [0.15, 0.2) is 0 Å². The van der Waals surface area contributed by atoms with Crippen molar-refractivity contribution in [3.8, 4) is 17.0 Å². The first-order chi connectivity index (χ1) is 12.1. The van der Waals surface area contributed by atoms with Crippen LogP contribution in [0.5, 0.6) is 5.75 Å². The highest BCUT2D eigenvalue weighted by Crippen LogP contribution is 2.23. The van der Waals surface area contributed by atoms with E-state index in [4.69, 9.17) is 9.47 Å². The fourth-order valence-electron chi connectivity index (χ4n) is 2.57. The van der Waals surface area contributed by atoms with E-state index in [-0.39, 0.29) is 5.69 Å². The second-order valence-electron chi connectivity index (χ2n) is 5.45. The Balaban J connectivity index is 1.95. The highest BCUT2D eigenvalue weighted by Gasteiger charge is 2.15. The van der Waals surface area contributed by atoms with Crippen molar-refractivity contribution in [2.24, 2.45) is 0 Å². The molecule has 0 amide bonds. The maximum Gasteiger partial charge on any atom is 0.356 e. The molecule has 7 nitrogen and oxygen atoms in total. The zero-order valence-electron chi connectivity index (χ0n) is 14.3. The first kappa shape index (κ1) is 16.6. The van der Waals surface area contributed by atoms with Crippen molar-refractivity contribution in [1.29, 1.82) is 0 Å².